The molecule has 1 atom stereocenters. The lowest BCUT2D eigenvalue weighted by molar-refractivity contribution is -0.139. The molecule has 1 unspecified atom stereocenters. The zero-order valence-electron chi connectivity index (χ0n) is 21.6. The van der Waals surface area contributed by atoms with Gasteiger partial charge in [0.05, 0.1) is 25.1 Å². The van der Waals surface area contributed by atoms with E-state index in [1.54, 1.807) is 4.57 Å². The van der Waals surface area contributed by atoms with Crippen LogP contribution in [0.5, 0.6) is 0 Å². The van der Waals surface area contributed by atoms with Crippen molar-refractivity contribution in [1.82, 2.24) is 4.57 Å². The number of fused-ring (bicyclic) bond motifs is 1. The van der Waals surface area contributed by atoms with Crippen LogP contribution in [0.4, 0.5) is 5.69 Å². The third-order valence-corrected chi connectivity index (χ3v) is 7.73. The van der Waals surface area contributed by atoms with Crippen molar-refractivity contribution in [2.75, 3.05) is 12.4 Å². The molecule has 1 aliphatic rings. The molecule has 1 N–H and O–H groups in total. The standard InChI is InChI=1S/C32H34N2O3/c1-22-28(21-30(35)37-2)27-15-9-10-16-29(27)34(22)32(36)25-19-17-24(18-20-25)31(23-11-5-3-6-12-23)33-26-13-7-4-8-14-26/h4,7-10,13-20,23,31,33H,3,5-6,11-12,21H2,1-2H3. The molecular weight excluding hydrogens is 460 g/mol. The highest BCUT2D eigenvalue weighted by Crippen LogP contribution is 2.37. The van der Waals surface area contributed by atoms with Gasteiger partial charge in [-0.2, -0.15) is 0 Å². The number of nitrogens with zero attached hydrogens (tertiary/aromatic N) is 1. The third-order valence-electron chi connectivity index (χ3n) is 7.73. The van der Waals surface area contributed by atoms with Crippen molar-refractivity contribution in [3.05, 3.63) is 101 Å². The fraction of sp³-hybridized carbons (Fsp3) is 0.312. The Hall–Kier alpha value is -3.86. The molecule has 4 aromatic rings. The lowest BCUT2D eigenvalue weighted by Gasteiger charge is -2.32. The molecule has 0 aliphatic heterocycles. The minimum atomic E-state index is -0.317. The van der Waals surface area contributed by atoms with Crippen molar-refractivity contribution in [3.8, 4) is 0 Å². The van der Waals surface area contributed by atoms with Crippen LogP contribution in [0.15, 0.2) is 78.9 Å². The van der Waals surface area contributed by atoms with E-state index in [0.29, 0.717) is 11.5 Å². The molecule has 1 fully saturated rings. The summed E-state index contributed by atoms with van der Waals surface area (Å²) in [5, 5.41) is 4.67. The fourth-order valence-electron chi connectivity index (χ4n) is 5.75. The number of carbonyl (C=O) groups is 2. The smallest absolute Gasteiger partial charge is 0.310 e. The maximum atomic E-state index is 13.8. The highest BCUT2D eigenvalue weighted by molar-refractivity contribution is 6.04. The SMILES string of the molecule is COC(=O)Cc1c(C)n(C(=O)c2ccc(C(Nc3ccccc3)C3CCCCC3)cc2)c2ccccc12. The predicted octanol–water partition coefficient (Wildman–Crippen LogP) is 7.09. The van der Waals surface area contributed by atoms with Gasteiger partial charge in [-0.1, -0.05) is 67.8 Å². The second-order valence-corrected chi connectivity index (χ2v) is 9.98. The first-order valence-corrected chi connectivity index (χ1v) is 13.2. The highest BCUT2D eigenvalue weighted by atomic mass is 16.5. The predicted molar refractivity (Wildman–Crippen MR) is 148 cm³/mol. The summed E-state index contributed by atoms with van der Waals surface area (Å²) in [5.41, 5.74) is 5.35. The van der Waals surface area contributed by atoms with Crippen molar-refractivity contribution >= 4 is 28.5 Å². The summed E-state index contributed by atoms with van der Waals surface area (Å²) in [6.07, 6.45) is 6.40. The number of methoxy groups -OCH3 is 1. The van der Waals surface area contributed by atoms with Crippen molar-refractivity contribution in [2.45, 2.75) is 51.5 Å². The molecular formula is C32H34N2O3. The molecule has 0 radical (unpaired) electrons. The Morgan fingerprint density at radius 3 is 2.30 bits per heavy atom. The van der Waals surface area contributed by atoms with E-state index in [2.05, 4.69) is 41.7 Å². The molecule has 1 aliphatic carbocycles. The Morgan fingerprint density at radius 1 is 0.919 bits per heavy atom. The van der Waals surface area contributed by atoms with Crippen LogP contribution in [0.3, 0.4) is 0 Å². The number of benzene rings is 3. The van der Waals surface area contributed by atoms with Crippen LogP contribution in [0.2, 0.25) is 0 Å². The number of ether oxygens (including phenoxy) is 1. The summed E-state index contributed by atoms with van der Waals surface area (Å²) in [6, 6.07) is 26.4. The average Bonchev–Trinajstić information content (AvgIpc) is 3.23. The Bertz CT molecular complexity index is 1380. The van der Waals surface area contributed by atoms with Gasteiger partial charge in [-0.3, -0.25) is 14.2 Å². The van der Waals surface area contributed by atoms with Gasteiger partial charge in [0.15, 0.2) is 0 Å². The molecule has 37 heavy (non-hydrogen) atoms. The number of para-hydroxylation sites is 2. The molecule has 3 aromatic carbocycles. The van der Waals surface area contributed by atoms with Gasteiger partial charge in [0.2, 0.25) is 0 Å². The summed E-state index contributed by atoms with van der Waals surface area (Å²) in [4.78, 5) is 25.8. The molecule has 5 rings (SSSR count). The van der Waals surface area contributed by atoms with Gasteiger partial charge in [0.25, 0.3) is 5.91 Å². The number of aromatic nitrogens is 1. The first kappa shape index (κ1) is 24.8. The number of hydrogen-bond acceptors (Lipinski definition) is 4. The van der Waals surface area contributed by atoms with Crippen molar-refractivity contribution < 1.29 is 14.3 Å². The molecule has 5 nitrogen and oxygen atoms in total. The van der Waals surface area contributed by atoms with E-state index in [1.165, 1.54) is 44.8 Å². The van der Waals surface area contributed by atoms with E-state index in [1.807, 2.05) is 49.4 Å². The quantitative estimate of drug-likeness (QED) is 0.279. The summed E-state index contributed by atoms with van der Waals surface area (Å²) in [5.74, 6) is 0.149. The van der Waals surface area contributed by atoms with Crippen LogP contribution < -0.4 is 5.32 Å². The molecule has 0 saturated heterocycles. The van der Waals surface area contributed by atoms with E-state index in [4.69, 9.17) is 4.74 Å². The normalized spacial score (nSPS) is 14.9. The summed E-state index contributed by atoms with van der Waals surface area (Å²) in [7, 11) is 1.39. The van der Waals surface area contributed by atoms with E-state index >= 15 is 0 Å². The maximum absolute atomic E-state index is 13.8. The molecule has 1 aromatic heterocycles. The monoisotopic (exact) mass is 494 g/mol. The molecule has 0 bridgehead atoms. The minimum absolute atomic E-state index is 0.0957. The van der Waals surface area contributed by atoms with Gasteiger partial charge in [-0.25, -0.2) is 0 Å². The fourth-order valence-corrected chi connectivity index (χ4v) is 5.75. The maximum Gasteiger partial charge on any atom is 0.310 e. The Morgan fingerprint density at radius 2 is 1.59 bits per heavy atom. The number of esters is 1. The minimum Gasteiger partial charge on any atom is -0.469 e. The second kappa shape index (κ2) is 11.0. The zero-order valence-corrected chi connectivity index (χ0v) is 21.6. The number of carbonyl (C=O) groups excluding carboxylic acids is 2. The summed E-state index contributed by atoms with van der Waals surface area (Å²) in [6.45, 7) is 1.90. The van der Waals surface area contributed by atoms with Gasteiger partial charge in [-0.15, -0.1) is 0 Å². The van der Waals surface area contributed by atoms with Gasteiger partial charge >= 0.3 is 5.97 Å². The van der Waals surface area contributed by atoms with Crippen LogP contribution in [0, 0.1) is 12.8 Å². The van der Waals surface area contributed by atoms with E-state index < -0.39 is 0 Å². The molecule has 0 amide bonds. The number of anilines is 1. The second-order valence-electron chi connectivity index (χ2n) is 9.98. The van der Waals surface area contributed by atoms with Crippen molar-refractivity contribution in [3.63, 3.8) is 0 Å². The van der Waals surface area contributed by atoms with Gasteiger partial charge in [0.1, 0.15) is 0 Å². The van der Waals surface area contributed by atoms with Crippen molar-refractivity contribution in [1.29, 1.82) is 0 Å². The van der Waals surface area contributed by atoms with Crippen LogP contribution in [-0.4, -0.2) is 23.6 Å². The Balaban J connectivity index is 1.46. The van der Waals surface area contributed by atoms with Crippen molar-refractivity contribution in [2.24, 2.45) is 5.92 Å². The van der Waals surface area contributed by atoms with Gasteiger partial charge in [-0.05, 0) is 67.1 Å². The summed E-state index contributed by atoms with van der Waals surface area (Å²) < 4.78 is 6.63. The Kier molecular flexibility index (Phi) is 7.40. The first-order chi connectivity index (χ1) is 18.1. The molecule has 190 valence electrons. The molecule has 1 heterocycles. The average molecular weight is 495 g/mol. The van der Waals surface area contributed by atoms with Gasteiger partial charge < -0.3 is 10.1 Å². The lowest BCUT2D eigenvalue weighted by atomic mass is 9.81. The van der Waals surface area contributed by atoms with E-state index in [-0.39, 0.29) is 24.3 Å². The van der Waals surface area contributed by atoms with Gasteiger partial charge in [0, 0.05) is 22.3 Å². The topological polar surface area (TPSA) is 60.3 Å². The molecule has 1 saturated carbocycles. The zero-order chi connectivity index (χ0) is 25.8. The highest BCUT2D eigenvalue weighted by Gasteiger charge is 2.26. The van der Waals surface area contributed by atoms with Crippen LogP contribution >= 0.6 is 0 Å². The number of hydrogen-bond donors (Lipinski definition) is 1. The third kappa shape index (κ3) is 5.17. The van der Waals surface area contributed by atoms with Crippen LogP contribution in [0.1, 0.15) is 65.3 Å². The van der Waals surface area contributed by atoms with Crippen LogP contribution in [-0.2, 0) is 16.0 Å². The van der Waals surface area contributed by atoms with E-state index in [0.717, 1.165) is 27.8 Å². The Labute approximate surface area is 218 Å². The lowest BCUT2D eigenvalue weighted by Crippen LogP contribution is -2.23. The first-order valence-electron chi connectivity index (χ1n) is 13.2. The molecule has 0 spiro atoms. The van der Waals surface area contributed by atoms with E-state index in [9.17, 15) is 9.59 Å². The number of nitrogens with one attached hydrogen (secondary N) is 1. The molecule has 5 heteroatoms. The number of rotatable bonds is 7. The summed E-state index contributed by atoms with van der Waals surface area (Å²) >= 11 is 0. The largest absolute Gasteiger partial charge is 0.469 e. The van der Waals surface area contributed by atoms with Crippen LogP contribution in [0.25, 0.3) is 10.9 Å².